The van der Waals surface area contributed by atoms with Gasteiger partial charge >= 0.3 is 0 Å². The van der Waals surface area contributed by atoms with Gasteiger partial charge in [-0.25, -0.2) is 9.69 Å². The summed E-state index contributed by atoms with van der Waals surface area (Å²) in [6.45, 7) is 3.21. The Hall–Kier alpha value is -1.65. The zero-order valence-corrected chi connectivity index (χ0v) is 9.71. The normalized spacial score (nSPS) is 16.5. The number of nitrogens with zero attached hydrogens (tertiary/aromatic N) is 3. The Morgan fingerprint density at radius 2 is 2.12 bits per heavy atom. The SMILES string of the molecule is c1cnn(-c2ccc(CN3CCCN3)cc2)c1. The van der Waals surface area contributed by atoms with Gasteiger partial charge in [0.15, 0.2) is 0 Å². The molecule has 1 aliphatic heterocycles. The van der Waals surface area contributed by atoms with Gasteiger partial charge in [0.2, 0.25) is 0 Å². The summed E-state index contributed by atoms with van der Waals surface area (Å²) in [5.41, 5.74) is 5.80. The van der Waals surface area contributed by atoms with Crippen LogP contribution in [0.5, 0.6) is 0 Å². The summed E-state index contributed by atoms with van der Waals surface area (Å²) >= 11 is 0. The third kappa shape index (κ3) is 2.38. The third-order valence-electron chi connectivity index (χ3n) is 3.02. The average Bonchev–Trinajstić information content (AvgIpc) is 3.01. The maximum atomic E-state index is 4.21. The first-order valence-electron chi connectivity index (χ1n) is 5.99. The molecule has 1 N–H and O–H groups in total. The lowest BCUT2D eigenvalue weighted by Crippen LogP contribution is -2.29. The van der Waals surface area contributed by atoms with Crippen LogP contribution in [0.1, 0.15) is 12.0 Å². The fourth-order valence-corrected chi connectivity index (χ4v) is 2.12. The molecule has 0 aliphatic carbocycles. The first-order valence-corrected chi connectivity index (χ1v) is 5.99. The van der Waals surface area contributed by atoms with E-state index in [4.69, 9.17) is 0 Å². The molecule has 88 valence electrons. The number of hydrogen-bond donors (Lipinski definition) is 1. The fourth-order valence-electron chi connectivity index (χ4n) is 2.12. The summed E-state index contributed by atoms with van der Waals surface area (Å²) in [4.78, 5) is 0. The largest absolute Gasteiger partial charge is 0.255 e. The molecule has 0 atom stereocenters. The molecule has 1 fully saturated rings. The molecule has 0 amide bonds. The smallest absolute Gasteiger partial charge is 0.0645 e. The summed E-state index contributed by atoms with van der Waals surface area (Å²) in [6.07, 6.45) is 4.99. The molecule has 1 aromatic carbocycles. The van der Waals surface area contributed by atoms with Crippen LogP contribution in [0, 0.1) is 0 Å². The highest BCUT2D eigenvalue weighted by Gasteiger charge is 2.10. The molecule has 1 aromatic heterocycles. The van der Waals surface area contributed by atoms with E-state index in [1.807, 2.05) is 16.9 Å². The van der Waals surface area contributed by atoms with Crippen LogP contribution in [0.2, 0.25) is 0 Å². The van der Waals surface area contributed by atoms with Gasteiger partial charge in [0, 0.05) is 32.0 Å². The van der Waals surface area contributed by atoms with Gasteiger partial charge in [0.1, 0.15) is 0 Å². The summed E-state index contributed by atoms with van der Waals surface area (Å²) in [6, 6.07) is 10.5. The zero-order valence-electron chi connectivity index (χ0n) is 9.71. The van der Waals surface area contributed by atoms with E-state index in [9.17, 15) is 0 Å². The minimum Gasteiger partial charge on any atom is -0.255 e. The quantitative estimate of drug-likeness (QED) is 0.866. The maximum Gasteiger partial charge on any atom is 0.0645 e. The zero-order chi connectivity index (χ0) is 11.5. The molecule has 1 saturated heterocycles. The maximum absolute atomic E-state index is 4.21. The van der Waals surface area contributed by atoms with Gasteiger partial charge in [-0.15, -0.1) is 0 Å². The monoisotopic (exact) mass is 228 g/mol. The van der Waals surface area contributed by atoms with E-state index in [0.717, 1.165) is 25.3 Å². The fraction of sp³-hybridized carbons (Fsp3) is 0.308. The second-order valence-corrected chi connectivity index (χ2v) is 4.30. The first kappa shape index (κ1) is 10.5. The van der Waals surface area contributed by atoms with Crippen LogP contribution in [-0.2, 0) is 6.54 Å². The number of rotatable bonds is 3. The standard InChI is InChI=1S/C13H16N4/c1-7-14-16(9-1)11-12-3-5-13(6-4-12)17-10-2-8-15-17/h2-6,8,10,14H,1,7,9,11H2. The van der Waals surface area contributed by atoms with Crippen molar-refractivity contribution >= 4 is 0 Å². The van der Waals surface area contributed by atoms with E-state index >= 15 is 0 Å². The summed E-state index contributed by atoms with van der Waals surface area (Å²) in [7, 11) is 0. The van der Waals surface area contributed by atoms with Crippen molar-refractivity contribution in [3.05, 3.63) is 48.3 Å². The van der Waals surface area contributed by atoms with Crippen LogP contribution >= 0.6 is 0 Å². The molecule has 0 unspecified atom stereocenters. The van der Waals surface area contributed by atoms with Crippen LogP contribution in [0.15, 0.2) is 42.7 Å². The van der Waals surface area contributed by atoms with Crippen LogP contribution in [0.4, 0.5) is 0 Å². The van der Waals surface area contributed by atoms with E-state index < -0.39 is 0 Å². The van der Waals surface area contributed by atoms with Crippen LogP contribution < -0.4 is 5.43 Å². The second kappa shape index (κ2) is 4.69. The molecule has 2 aromatic rings. The van der Waals surface area contributed by atoms with Gasteiger partial charge in [0.05, 0.1) is 5.69 Å². The van der Waals surface area contributed by atoms with Crippen molar-refractivity contribution in [3.8, 4) is 5.69 Å². The summed E-state index contributed by atoms with van der Waals surface area (Å²) < 4.78 is 1.87. The number of benzene rings is 1. The van der Waals surface area contributed by atoms with Crippen molar-refractivity contribution in [1.82, 2.24) is 20.2 Å². The Kier molecular flexibility index (Phi) is 2.90. The highest BCUT2D eigenvalue weighted by molar-refractivity contribution is 5.33. The van der Waals surface area contributed by atoms with E-state index in [2.05, 4.69) is 39.8 Å². The third-order valence-corrected chi connectivity index (χ3v) is 3.02. The van der Waals surface area contributed by atoms with E-state index in [0.29, 0.717) is 0 Å². The molecule has 17 heavy (non-hydrogen) atoms. The van der Waals surface area contributed by atoms with Crippen LogP contribution in [-0.4, -0.2) is 27.9 Å². The Labute approximate surface area is 101 Å². The Bertz CT molecular complexity index is 455. The van der Waals surface area contributed by atoms with Gasteiger partial charge in [-0.2, -0.15) is 5.10 Å². The Morgan fingerprint density at radius 1 is 1.24 bits per heavy atom. The summed E-state index contributed by atoms with van der Waals surface area (Å²) in [5, 5.41) is 6.48. The Morgan fingerprint density at radius 3 is 2.76 bits per heavy atom. The van der Waals surface area contributed by atoms with Crippen molar-refractivity contribution < 1.29 is 0 Å². The molecular weight excluding hydrogens is 212 g/mol. The minimum absolute atomic E-state index is 0.972. The molecule has 0 saturated carbocycles. The number of nitrogens with one attached hydrogen (secondary N) is 1. The topological polar surface area (TPSA) is 33.1 Å². The lowest BCUT2D eigenvalue weighted by atomic mass is 10.2. The molecule has 1 aliphatic rings. The number of hydrazine groups is 1. The van der Waals surface area contributed by atoms with Gasteiger partial charge in [-0.05, 0) is 30.2 Å². The Balaban J connectivity index is 1.71. The average molecular weight is 228 g/mol. The molecule has 2 heterocycles. The van der Waals surface area contributed by atoms with Crippen molar-refractivity contribution in [2.45, 2.75) is 13.0 Å². The van der Waals surface area contributed by atoms with Crippen LogP contribution in [0.3, 0.4) is 0 Å². The lowest BCUT2D eigenvalue weighted by molar-refractivity contribution is 0.244. The van der Waals surface area contributed by atoms with Gasteiger partial charge in [0.25, 0.3) is 0 Å². The first-order chi connectivity index (χ1) is 8.42. The minimum atomic E-state index is 0.972. The molecule has 0 spiro atoms. The predicted octanol–water partition coefficient (Wildman–Crippen LogP) is 1.58. The molecule has 0 bridgehead atoms. The summed E-state index contributed by atoms with van der Waals surface area (Å²) in [5.74, 6) is 0. The second-order valence-electron chi connectivity index (χ2n) is 4.30. The number of hydrogen-bond acceptors (Lipinski definition) is 3. The van der Waals surface area contributed by atoms with Crippen molar-refractivity contribution in [2.24, 2.45) is 0 Å². The highest BCUT2D eigenvalue weighted by atomic mass is 15.5. The molecule has 0 radical (unpaired) electrons. The van der Waals surface area contributed by atoms with Crippen LogP contribution in [0.25, 0.3) is 5.69 Å². The van der Waals surface area contributed by atoms with Crippen molar-refractivity contribution in [2.75, 3.05) is 13.1 Å². The van der Waals surface area contributed by atoms with Gasteiger partial charge in [-0.1, -0.05) is 12.1 Å². The molecule has 4 heteroatoms. The number of aromatic nitrogens is 2. The van der Waals surface area contributed by atoms with Crippen molar-refractivity contribution in [3.63, 3.8) is 0 Å². The highest BCUT2D eigenvalue weighted by Crippen LogP contribution is 2.11. The molecule has 4 nitrogen and oxygen atoms in total. The molecule has 3 rings (SSSR count). The predicted molar refractivity (Wildman–Crippen MR) is 66.6 cm³/mol. The van der Waals surface area contributed by atoms with E-state index in [1.54, 1.807) is 6.20 Å². The van der Waals surface area contributed by atoms with E-state index in [1.165, 1.54) is 12.0 Å². The van der Waals surface area contributed by atoms with E-state index in [-0.39, 0.29) is 0 Å². The van der Waals surface area contributed by atoms with Gasteiger partial charge < -0.3 is 0 Å². The van der Waals surface area contributed by atoms with Crippen molar-refractivity contribution in [1.29, 1.82) is 0 Å². The van der Waals surface area contributed by atoms with Gasteiger partial charge in [-0.3, -0.25) is 5.43 Å². The molecular formula is C13H16N4. The lowest BCUT2D eigenvalue weighted by Gasteiger charge is -2.15.